The first-order valence-corrected chi connectivity index (χ1v) is 6.99. The zero-order valence-electron chi connectivity index (χ0n) is 11.5. The molecule has 1 saturated heterocycles. The second kappa shape index (κ2) is 8.50. The van der Waals surface area contributed by atoms with Crippen molar-refractivity contribution in [2.75, 3.05) is 31.7 Å². The Morgan fingerprint density at radius 1 is 1.55 bits per heavy atom. The first-order valence-electron chi connectivity index (χ1n) is 6.99. The molecule has 0 spiro atoms. The van der Waals surface area contributed by atoms with Crippen LogP contribution < -0.4 is 10.6 Å². The molecule has 2 N–H and O–H groups in total. The van der Waals surface area contributed by atoms with Gasteiger partial charge in [-0.3, -0.25) is 4.98 Å². The quantitative estimate of drug-likeness (QED) is 0.746. The van der Waals surface area contributed by atoms with Crippen LogP contribution >= 0.6 is 0 Å². The van der Waals surface area contributed by atoms with E-state index in [2.05, 4.69) is 15.6 Å². The molecule has 0 aromatic carbocycles. The van der Waals surface area contributed by atoms with Crippen molar-refractivity contribution < 1.29 is 14.3 Å². The molecule has 1 aliphatic heterocycles. The lowest BCUT2D eigenvalue weighted by Gasteiger charge is -2.10. The summed E-state index contributed by atoms with van der Waals surface area (Å²) in [5.74, 6) is 0. The summed E-state index contributed by atoms with van der Waals surface area (Å²) in [5, 5.41) is 5.47. The van der Waals surface area contributed by atoms with E-state index in [1.54, 1.807) is 24.5 Å². The van der Waals surface area contributed by atoms with Crippen molar-refractivity contribution in [3.63, 3.8) is 0 Å². The maximum Gasteiger partial charge on any atom is 0.319 e. The average molecular weight is 279 g/mol. The van der Waals surface area contributed by atoms with Crippen molar-refractivity contribution >= 4 is 11.7 Å². The minimum Gasteiger partial charge on any atom is -0.379 e. The highest BCUT2D eigenvalue weighted by molar-refractivity contribution is 5.88. The van der Waals surface area contributed by atoms with Crippen LogP contribution in [0.2, 0.25) is 0 Å². The number of carbonyl (C=O) groups is 1. The molecular formula is C14H21N3O3. The normalized spacial score (nSPS) is 17.9. The fourth-order valence-corrected chi connectivity index (χ4v) is 1.98. The van der Waals surface area contributed by atoms with Gasteiger partial charge in [0.2, 0.25) is 0 Å². The molecule has 1 aromatic heterocycles. The maximum atomic E-state index is 11.5. The fraction of sp³-hybridized carbons (Fsp3) is 0.571. The van der Waals surface area contributed by atoms with Crippen LogP contribution in [0.1, 0.15) is 19.3 Å². The Morgan fingerprint density at radius 2 is 2.50 bits per heavy atom. The lowest BCUT2D eigenvalue weighted by atomic mass is 10.2. The van der Waals surface area contributed by atoms with Crippen LogP contribution in [0.15, 0.2) is 24.5 Å². The van der Waals surface area contributed by atoms with E-state index in [-0.39, 0.29) is 12.1 Å². The summed E-state index contributed by atoms with van der Waals surface area (Å²) in [7, 11) is 0. The number of nitrogens with one attached hydrogen (secondary N) is 2. The van der Waals surface area contributed by atoms with Gasteiger partial charge in [0.1, 0.15) is 0 Å². The molecule has 1 fully saturated rings. The fourth-order valence-electron chi connectivity index (χ4n) is 1.98. The third-order valence-electron chi connectivity index (χ3n) is 3.00. The number of hydrogen-bond donors (Lipinski definition) is 2. The van der Waals surface area contributed by atoms with E-state index in [1.165, 1.54) is 0 Å². The molecule has 2 rings (SSSR count). The van der Waals surface area contributed by atoms with Crippen LogP contribution in [0.5, 0.6) is 0 Å². The van der Waals surface area contributed by atoms with E-state index >= 15 is 0 Å². The highest BCUT2D eigenvalue weighted by Gasteiger charge is 2.14. The number of pyridine rings is 1. The van der Waals surface area contributed by atoms with E-state index in [1.807, 2.05) is 0 Å². The van der Waals surface area contributed by atoms with Gasteiger partial charge in [-0.1, -0.05) is 0 Å². The topological polar surface area (TPSA) is 72.5 Å². The van der Waals surface area contributed by atoms with Gasteiger partial charge in [0, 0.05) is 26.0 Å². The molecular weight excluding hydrogens is 258 g/mol. The van der Waals surface area contributed by atoms with Crippen LogP contribution in [0.4, 0.5) is 10.5 Å². The third-order valence-corrected chi connectivity index (χ3v) is 3.00. The molecule has 1 aromatic rings. The molecule has 1 aliphatic rings. The van der Waals surface area contributed by atoms with Gasteiger partial charge in [-0.05, 0) is 31.4 Å². The molecule has 20 heavy (non-hydrogen) atoms. The number of ether oxygens (including phenoxy) is 2. The number of nitrogens with zero attached hydrogens (tertiary/aromatic N) is 1. The van der Waals surface area contributed by atoms with Crippen LogP contribution in [-0.4, -0.2) is 43.5 Å². The summed E-state index contributed by atoms with van der Waals surface area (Å²) in [6, 6.07) is 3.34. The standard InChI is InChI=1S/C14H21N3O3/c18-14(17-12-4-1-6-15-10-12)16-7-3-8-19-11-13-5-2-9-20-13/h1,4,6,10,13H,2-3,5,7-9,11H2,(H2,16,17,18). The summed E-state index contributed by atoms with van der Waals surface area (Å²) in [4.78, 5) is 15.5. The Balaban J connectivity index is 1.47. The van der Waals surface area contributed by atoms with Crippen molar-refractivity contribution in [1.82, 2.24) is 10.3 Å². The first kappa shape index (κ1) is 14.7. The van der Waals surface area contributed by atoms with Gasteiger partial charge in [-0.2, -0.15) is 0 Å². The van der Waals surface area contributed by atoms with E-state index in [0.29, 0.717) is 25.4 Å². The average Bonchev–Trinajstić information content (AvgIpc) is 2.97. The number of aromatic nitrogens is 1. The molecule has 110 valence electrons. The van der Waals surface area contributed by atoms with Gasteiger partial charge in [0.15, 0.2) is 0 Å². The molecule has 6 nitrogen and oxygen atoms in total. The second-order valence-electron chi connectivity index (χ2n) is 4.69. The number of amides is 2. The van der Waals surface area contributed by atoms with Crippen molar-refractivity contribution in [3.8, 4) is 0 Å². The Labute approximate surface area is 118 Å². The minimum absolute atomic E-state index is 0.225. The van der Waals surface area contributed by atoms with E-state index < -0.39 is 0 Å². The van der Waals surface area contributed by atoms with Crippen molar-refractivity contribution in [3.05, 3.63) is 24.5 Å². The third kappa shape index (κ3) is 5.54. The van der Waals surface area contributed by atoms with E-state index in [0.717, 1.165) is 25.9 Å². The number of urea groups is 1. The summed E-state index contributed by atoms with van der Waals surface area (Å²) in [5.41, 5.74) is 0.680. The summed E-state index contributed by atoms with van der Waals surface area (Å²) in [6.07, 6.45) is 6.53. The summed E-state index contributed by atoms with van der Waals surface area (Å²) < 4.78 is 11.0. The van der Waals surface area contributed by atoms with Crippen molar-refractivity contribution in [2.45, 2.75) is 25.4 Å². The number of hydrogen-bond acceptors (Lipinski definition) is 4. The van der Waals surface area contributed by atoms with Crippen LogP contribution in [0.25, 0.3) is 0 Å². The lowest BCUT2D eigenvalue weighted by Crippen LogP contribution is -2.30. The zero-order valence-corrected chi connectivity index (χ0v) is 11.5. The number of rotatable bonds is 7. The summed E-state index contributed by atoms with van der Waals surface area (Å²) >= 11 is 0. The molecule has 0 radical (unpaired) electrons. The first-order chi connectivity index (χ1) is 9.84. The summed E-state index contributed by atoms with van der Waals surface area (Å²) in [6.45, 7) is 2.72. The van der Waals surface area contributed by atoms with Crippen molar-refractivity contribution in [2.24, 2.45) is 0 Å². The Bertz CT molecular complexity index is 394. The number of carbonyl (C=O) groups excluding carboxylic acids is 1. The van der Waals surface area contributed by atoms with Gasteiger partial charge < -0.3 is 20.1 Å². The SMILES string of the molecule is O=C(NCCCOCC1CCCO1)Nc1cccnc1. The Hall–Kier alpha value is -1.66. The number of anilines is 1. The van der Waals surface area contributed by atoms with E-state index in [4.69, 9.17) is 9.47 Å². The maximum absolute atomic E-state index is 11.5. The van der Waals surface area contributed by atoms with Crippen LogP contribution in [0, 0.1) is 0 Å². The molecule has 0 bridgehead atoms. The largest absolute Gasteiger partial charge is 0.379 e. The van der Waals surface area contributed by atoms with Gasteiger partial charge >= 0.3 is 6.03 Å². The predicted molar refractivity (Wildman–Crippen MR) is 75.7 cm³/mol. The van der Waals surface area contributed by atoms with Crippen LogP contribution in [-0.2, 0) is 9.47 Å². The second-order valence-corrected chi connectivity index (χ2v) is 4.69. The lowest BCUT2D eigenvalue weighted by molar-refractivity contribution is 0.0168. The Kier molecular flexibility index (Phi) is 6.26. The minimum atomic E-state index is -0.225. The highest BCUT2D eigenvalue weighted by Crippen LogP contribution is 2.11. The molecule has 2 amide bonds. The molecule has 1 atom stereocenters. The van der Waals surface area contributed by atoms with Crippen LogP contribution in [0.3, 0.4) is 0 Å². The molecule has 0 aliphatic carbocycles. The van der Waals surface area contributed by atoms with Gasteiger partial charge in [0.05, 0.1) is 24.6 Å². The molecule has 0 saturated carbocycles. The zero-order chi connectivity index (χ0) is 14.0. The molecule has 2 heterocycles. The Morgan fingerprint density at radius 3 is 3.25 bits per heavy atom. The van der Waals surface area contributed by atoms with Gasteiger partial charge in [-0.15, -0.1) is 0 Å². The van der Waals surface area contributed by atoms with Gasteiger partial charge in [-0.25, -0.2) is 4.79 Å². The highest BCUT2D eigenvalue weighted by atomic mass is 16.5. The molecule has 1 unspecified atom stereocenters. The van der Waals surface area contributed by atoms with Gasteiger partial charge in [0.25, 0.3) is 0 Å². The molecule has 6 heteroatoms. The van der Waals surface area contributed by atoms with Crippen molar-refractivity contribution in [1.29, 1.82) is 0 Å². The predicted octanol–water partition coefficient (Wildman–Crippen LogP) is 1.79. The van der Waals surface area contributed by atoms with E-state index in [9.17, 15) is 4.79 Å². The smallest absolute Gasteiger partial charge is 0.319 e. The monoisotopic (exact) mass is 279 g/mol.